The molecule has 0 unspecified atom stereocenters. The van der Waals surface area contributed by atoms with Crippen molar-refractivity contribution < 1.29 is 13.9 Å². The summed E-state index contributed by atoms with van der Waals surface area (Å²) in [5.74, 6) is 0.184. The van der Waals surface area contributed by atoms with Crippen LogP contribution in [0.15, 0.2) is 54.6 Å². The third kappa shape index (κ3) is 3.18. The van der Waals surface area contributed by atoms with Crippen LogP contribution < -0.4 is 9.64 Å². The number of aromatic nitrogens is 2. The van der Waals surface area contributed by atoms with Gasteiger partial charge in [-0.15, -0.1) is 0 Å². The molecule has 0 aliphatic carbocycles. The van der Waals surface area contributed by atoms with Gasteiger partial charge in [0, 0.05) is 12.2 Å². The summed E-state index contributed by atoms with van der Waals surface area (Å²) < 4.78 is 20.3. The molecule has 2 heterocycles. The lowest BCUT2D eigenvalue weighted by molar-refractivity contribution is 0.0962. The fourth-order valence-electron chi connectivity index (χ4n) is 3.05. The normalized spacial score (nSPS) is 13.6. The van der Waals surface area contributed by atoms with E-state index >= 15 is 0 Å². The average Bonchev–Trinajstić information content (AvgIpc) is 3.06. The van der Waals surface area contributed by atoms with Gasteiger partial charge in [-0.3, -0.25) is 9.48 Å². The van der Waals surface area contributed by atoms with E-state index in [4.69, 9.17) is 4.74 Å². The molecule has 0 spiro atoms. The highest BCUT2D eigenvalue weighted by Gasteiger charge is 2.27. The number of hydrogen-bond donors (Lipinski definition) is 0. The summed E-state index contributed by atoms with van der Waals surface area (Å²) in [6, 6.07) is 15.5. The molecule has 1 aliphatic rings. The molecule has 0 bridgehead atoms. The molecule has 1 aliphatic heterocycles. The summed E-state index contributed by atoms with van der Waals surface area (Å²) in [6.07, 6.45) is 0. The molecule has 0 atom stereocenters. The minimum atomic E-state index is -0.309. The van der Waals surface area contributed by atoms with Crippen LogP contribution in [0.1, 0.15) is 21.7 Å². The van der Waals surface area contributed by atoms with E-state index < -0.39 is 0 Å². The molecule has 6 heteroatoms. The van der Waals surface area contributed by atoms with Crippen molar-refractivity contribution in [1.82, 2.24) is 9.78 Å². The Labute approximate surface area is 150 Å². The number of hydrogen-bond acceptors (Lipinski definition) is 3. The molecule has 0 saturated carbocycles. The summed E-state index contributed by atoms with van der Waals surface area (Å²) in [5, 5.41) is 4.45. The number of ether oxygens (including phenoxy) is 1. The van der Waals surface area contributed by atoms with Crippen molar-refractivity contribution in [2.24, 2.45) is 0 Å². The lowest BCUT2D eigenvalue weighted by Gasteiger charge is -2.27. The number of amides is 1. The monoisotopic (exact) mass is 351 g/mol. The number of nitrogens with zero attached hydrogens (tertiary/aromatic N) is 3. The van der Waals surface area contributed by atoms with Crippen molar-refractivity contribution in [3.8, 4) is 5.75 Å². The van der Waals surface area contributed by atoms with E-state index in [0.717, 1.165) is 11.3 Å². The van der Waals surface area contributed by atoms with E-state index in [1.54, 1.807) is 27.8 Å². The Morgan fingerprint density at radius 2 is 1.92 bits per heavy atom. The maximum atomic E-state index is 12.9. The van der Waals surface area contributed by atoms with Gasteiger partial charge in [-0.05, 0) is 55.0 Å². The van der Waals surface area contributed by atoms with Crippen molar-refractivity contribution in [3.05, 3.63) is 77.4 Å². The van der Waals surface area contributed by atoms with Gasteiger partial charge in [-0.25, -0.2) is 4.39 Å². The SMILES string of the molecule is Cc1cccc(N2CCn3nc(COc4ccc(F)cc4)cc3C2=O)c1. The Morgan fingerprint density at radius 3 is 2.69 bits per heavy atom. The molecular weight excluding hydrogens is 333 g/mol. The van der Waals surface area contributed by atoms with Crippen molar-refractivity contribution in [2.45, 2.75) is 20.1 Å². The quantitative estimate of drug-likeness (QED) is 0.722. The van der Waals surface area contributed by atoms with Crippen LogP contribution in [-0.4, -0.2) is 22.2 Å². The van der Waals surface area contributed by atoms with Gasteiger partial charge in [-0.1, -0.05) is 12.1 Å². The maximum Gasteiger partial charge on any atom is 0.276 e. The Kier molecular flexibility index (Phi) is 4.16. The van der Waals surface area contributed by atoms with Crippen LogP contribution in [0.4, 0.5) is 10.1 Å². The topological polar surface area (TPSA) is 47.4 Å². The molecule has 26 heavy (non-hydrogen) atoms. The molecule has 132 valence electrons. The van der Waals surface area contributed by atoms with Gasteiger partial charge >= 0.3 is 0 Å². The molecule has 2 aromatic carbocycles. The number of aryl methyl sites for hydroxylation is 1. The lowest BCUT2D eigenvalue weighted by atomic mass is 10.2. The first-order chi connectivity index (χ1) is 12.6. The van der Waals surface area contributed by atoms with Gasteiger partial charge in [0.15, 0.2) is 0 Å². The molecule has 0 N–H and O–H groups in total. The van der Waals surface area contributed by atoms with Gasteiger partial charge in [0.1, 0.15) is 29.6 Å². The zero-order chi connectivity index (χ0) is 18.1. The van der Waals surface area contributed by atoms with Crippen LogP contribution in [0.5, 0.6) is 5.75 Å². The second-order valence-corrected chi connectivity index (χ2v) is 6.28. The van der Waals surface area contributed by atoms with Crippen LogP contribution in [0.25, 0.3) is 0 Å². The highest BCUT2D eigenvalue weighted by atomic mass is 19.1. The molecule has 1 amide bonds. The summed E-state index contributed by atoms with van der Waals surface area (Å²) in [6.45, 7) is 3.44. The predicted molar refractivity (Wildman–Crippen MR) is 95.8 cm³/mol. The third-order valence-electron chi connectivity index (χ3n) is 4.34. The minimum absolute atomic E-state index is 0.0672. The number of benzene rings is 2. The van der Waals surface area contributed by atoms with E-state index in [-0.39, 0.29) is 18.3 Å². The highest BCUT2D eigenvalue weighted by molar-refractivity contribution is 6.05. The van der Waals surface area contributed by atoms with Crippen molar-refractivity contribution in [3.63, 3.8) is 0 Å². The molecular formula is C20H18FN3O2. The second-order valence-electron chi connectivity index (χ2n) is 6.28. The Balaban J connectivity index is 1.51. The van der Waals surface area contributed by atoms with Crippen LogP contribution in [0, 0.1) is 12.7 Å². The molecule has 0 fully saturated rings. The summed E-state index contributed by atoms with van der Waals surface area (Å²) in [7, 11) is 0. The summed E-state index contributed by atoms with van der Waals surface area (Å²) >= 11 is 0. The van der Waals surface area contributed by atoms with Crippen LogP contribution >= 0.6 is 0 Å². The smallest absolute Gasteiger partial charge is 0.276 e. The summed E-state index contributed by atoms with van der Waals surface area (Å²) in [5.41, 5.74) is 3.23. The van der Waals surface area contributed by atoms with Crippen LogP contribution in [-0.2, 0) is 13.2 Å². The second kappa shape index (κ2) is 6.63. The number of carbonyl (C=O) groups excluding carboxylic acids is 1. The third-order valence-corrected chi connectivity index (χ3v) is 4.34. The van der Waals surface area contributed by atoms with Gasteiger partial charge in [-0.2, -0.15) is 5.10 Å². The van der Waals surface area contributed by atoms with E-state index in [2.05, 4.69) is 5.10 Å². The molecule has 0 radical (unpaired) electrons. The largest absolute Gasteiger partial charge is 0.487 e. The minimum Gasteiger partial charge on any atom is -0.487 e. The van der Waals surface area contributed by atoms with Gasteiger partial charge in [0.05, 0.1) is 6.54 Å². The first kappa shape index (κ1) is 16.3. The average molecular weight is 351 g/mol. The zero-order valence-corrected chi connectivity index (χ0v) is 14.4. The maximum absolute atomic E-state index is 12.9. The molecule has 5 nitrogen and oxygen atoms in total. The number of anilines is 1. The van der Waals surface area contributed by atoms with Crippen molar-refractivity contribution in [1.29, 1.82) is 0 Å². The number of carbonyl (C=O) groups is 1. The van der Waals surface area contributed by atoms with Crippen molar-refractivity contribution >= 4 is 11.6 Å². The van der Waals surface area contributed by atoms with Gasteiger partial charge < -0.3 is 9.64 Å². The first-order valence-corrected chi connectivity index (χ1v) is 8.44. The Bertz CT molecular complexity index is 950. The van der Waals surface area contributed by atoms with E-state index in [9.17, 15) is 9.18 Å². The molecule has 3 aromatic rings. The summed E-state index contributed by atoms with van der Waals surface area (Å²) in [4.78, 5) is 14.6. The van der Waals surface area contributed by atoms with Gasteiger partial charge in [0.2, 0.25) is 0 Å². The van der Waals surface area contributed by atoms with E-state index in [1.807, 2.05) is 31.2 Å². The Hall–Kier alpha value is -3.15. The van der Waals surface area contributed by atoms with Crippen LogP contribution in [0.3, 0.4) is 0 Å². The number of rotatable bonds is 4. The Morgan fingerprint density at radius 1 is 1.12 bits per heavy atom. The standard InChI is InChI=1S/C20H18FN3O2/c1-14-3-2-4-17(11-14)23-9-10-24-19(20(23)25)12-16(22-24)13-26-18-7-5-15(21)6-8-18/h2-8,11-12H,9-10,13H2,1H3. The fraction of sp³-hybridized carbons (Fsp3) is 0.200. The first-order valence-electron chi connectivity index (χ1n) is 8.44. The molecule has 4 rings (SSSR count). The van der Waals surface area contributed by atoms with E-state index in [0.29, 0.717) is 30.2 Å². The zero-order valence-electron chi connectivity index (χ0n) is 14.4. The van der Waals surface area contributed by atoms with Crippen LogP contribution in [0.2, 0.25) is 0 Å². The predicted octanol–water partition coefficient (Wildman–Crippen LogP) is 3.57. The number of fused-ring (bicyclic) bond motifs is 1. The molecule has 1 aromatic heterocycles. The van der Waals surface area contributed by atoms with E-state index in [1.165, 1.54) is 12.1 Å². The number of halogens is 1. The lowest BCUT2D eigenvalue weighted by Crippen LogP contribution is -2.40. The van der Waals surface area contributed by atoms with Crippen molar-refractivity contribution in [2.75, 3.05) is 11.4 Å². The van der Waals surface area contributed by atoms with Gasteiger partial charge in [0.25, 0.3) is 5.91 Å². The fourth-order valence-corrected chi connectivity index (χ4v) is 3.05. The molecule has 0 saturated heterocycles. The highest BCUT2D eigenvalue weighted by Crippen LogP contribution is 2.23.